The predicted molar refractivity (Wildman–Crippen MR) is 62.0 cm³/mol. The molecule has 1 saturated heterocycles. The van der Waals surface area contributed by atoms with E-state index in [9.17, 15) is 0 Å². The molecule has 0 saturated carbocycles. The quantitative estimate of drug-likeness (QED) is 0.757. The highest BCUT2D eigenvalue weighted by atomic mass is 15.3. The van der Waals surface area contributed by atoms with E-state index in [1.165, 1.54) is 5.56 Å². The Labute approximate surface area is 91.5 Å². The number of hydrogen-bond acceptors (Lipinski definition) is 3. The summed E-state index contributed by atoms with van der Waals surface area (Å²) in [4.78, 5) is 11.0. The van der Waals surface area contributed by atoms with Crippen molar-refractivity contribution in [3.05, 3.63) is 18.0 Å². The first-order chi connectivity index (χ1) is 7.20. The van der Waals surface area contributed by atoms with Crippen LogP contribution in [0.4, 0.5) is 5.95 Å². The predicted octanol–water partition coefficient (Wildman–Crippen LogP) is 2.13. The number of aromatic nitrogens is 2. The Morgan fingerprint density at radius 3 is 2.40 bits per heavy atom. The second-order valence-electron chi connectivity index (χ2n) is 4.65. The SMILES string of the molecule is CCc1cnc(N2CC(C(C)C)C2)nc1. The molecule has 0 bridgehead atoms. The van der Waals surface area contributed by atoms with Gasteiger partial charge in [-0.1, -0.05) is 20.8 Å². The summed E-state index contributed by atoms with van der Waals surface area (Å²) in [5.74, 6) is 2.49. The molecule has 0 aliphatic carbocycles. The van der Waals surface area contributed by atoms with Crippen molar-refractivity contribution in [2.75, 3.05) is 18.0 Å². The zero-order valence-corrected chi connectivity index (χ0v) is 9.77. The van der Waals surface area contributed by atoms with Crippen molar-refractivity contribution in [3.63, 3.8) is 0 Å². The van der Waals surface area contributed by atoms with Gasteiger partial charge in [0.05, 0.1) is 0 Å². The molecule has 0 amide bonds. The molecule has 1 aromatic rings. The Kier molecular flexibility index (Phi) is 2.89. The lowest BCUT2D eigenvalue weighted by molar-refractivity contribution is 0.306. The Hall–Kier alpha value is -1.12. The zero-order valence-electron chi connectivity index (χ0n) is 9.77. The molecule has 0 N–H and O–H groups in total. The first kappa shape index (κ1) is 10.4. The number of rotatable bonds is 3. The maximum atomic E-state index is 4.38. The van der Waals surface area contributed by atoms with Gasteiger partial charge >= 0.3 is 0 Å². The van der Waals surface area contributed by atoms with Crippen molar-refractivity contribution < 1.29 is 0 Å². The van der Waals surface area contributed by atoms with E-state index in [-0.39, 0.29) is 0 Å². The van der Waals surface area contributed by atoms with E-state index in [4.69, 9.17) is 0 Å². The number of nitrogens with zero attached hydrogens (tertiary/aromatic N) is 3. The lowest BCUT2D eigenvalue weighted by Gasteiger charge is -2.41. The van der Waals surface area contributed by atoms with Gasteiger partial charge in [0, 0.05) is 25.5 Å². The minimum Gasteiger partial charge on any atom is -0.340 e. The van der Waals surface area contributed by atoms with Crippen LogP contribution in [0.3, 0.4) is 0 Å². The molecule has 1 aliphatic heterocycles. The van der Waals surface area contributed by atoms with E-state index in [1.54, 1.807) is 0 Å². The van der Waals surface area contributed by atoms with Crippen molar-refractivity contribution in [1.82, 2.24) is 9.97 Å². The fraction of sp³-hybridized carbons (Fsp3) is 0.667. The highest BCUT2D eigenvalue weighted by molar-refractivity contribution is 5.34. The van der Waals surface area contributed by atoms with Crippen LogP contribution in [0.1, 0.15) is 26.3 Å². The third-order valence-electron chi connectivity index (χ3n) is 3.24. The molecule has 15 heavy (non-hydrogen) atoms. The summed E-state index contributed by atoms with van der Waals surface area (Å²) < 4.78 is 0. The molecule has 1 fully saturated rings. The van der Waals surface area contributed by atoms with Crippen LogP contribution < -0.4 is 4.90 Å². The van der Waals surface area contributed by atoms with Gasteiger partial charge in [-0.25, -0.2) is 9.97 Å². The van der Waals surface area contributed by atoms with E-state index in [2.05, 4.69) is 35.6 Å². The van der Waals surface area contributed by atoms with Crippen LogP contribution in [0.2, 0.25) is 0 Å². The minimum atomic E-state index is 0.774. The van der Waals surface area contributed by atoms with Crippen molar-refractivity contribution >= 4 is 5.95 Å². The summed E-state index contributed by atoms with van der Waals surface area (Å²) >= 11 is 0. The van der Waals surface area contributed by atoms with Gasteiger partial charge in [-0.3, -0.25) is 0 Å². The first-order valence-corrected chi connectivity index (χ1v) is 5.76. The van der Waals surface area contributed by atoms with Gasteiger partial charge in [-0.05, 0) is 23.8 Å². The lowest BCUT2D eigenvalue weighted by atomic mass is 9.89. The third kappa shape index (κ3) is 2.11. The molecule has 1 aromatic heterocycles. The van der Waals surface area contributed by atoms with E-state index >= 15 is 0 Å². The van der Waals surface area contributed by atoms with E-state index in [0.29, 0.717) is 0 Å². The zero-order chi connectivity index (χ0) is 10.8. The maximum absolute atomic E-state index is 4.38. The molecular weight excluding hydrogens is 186 g/mol. The van der Waals surface area contributed by atoms with Gasteiger partial charge < -0.3 is 4.90 Å². The van der Waals surface area contributed by atoms with Gasteiger partial charge in [0.1, 0.15) is 0 Å². The fourth-order valence-corrected chi connectivity index (χ4v) is 1.79. The highest BCUT2D eigenvalue weighted by Gasteiger charge is 2.30. The van der Waals surface area contributed by atoms with E-state index in [0.717, 1.165) is 37.3 Å². The van der Waals surface area contributed by atoms with Crippen molar-refractivity contribution in [3.8, 4) is 0 Å². The van der Waals surface area contributed by atoms with Crippen LogP contribution in [0.15, 0.2) is 12.4 Å². The molecule has 0 radical (unpaired) electrons. The average molecular weight is 205 g/mol. The largest absolute Gasteiger partial charge is 0.340 e. The molecule has 0 aromatic carbocycles. The number of hydrogen-bond donors (Lipinski definition) is 0. The van der Waals surface area contributed by atoms with Gasteiger partial charge in [-0.2, -0.15) is 0 Å². The van der Waals surface area contributed by atoms with Crippen molar-refractivity contribution in [1.29, 1.82) is 0 Å². The summed E-state index contributed by atoms with van der Waals surface area (Å²) in [5.41, 5.74) is 1.21. The molecule has 82 valence electrons. The maximum Gasteiger partial charge on any atom is 0.225 e. The molecule has 2 heterocycles. The summed E-state index contributed by atoms with van der Waals surface area (Å²) in [6.45, 7) is 8.91. The van der Waals surface area contributed by atoms with Gasteiger partial charge in [0.25, 0.3) is 0 Å². The molecule has 0 atom stereocenters. The van der Waals surface area contributed by atoms with Crippen LogP contribution in [-0.4, -0.2) is 23.1 Å². The minimum absolute atomic E-state index is 0.774. The summed E-state index contributed by atoms with van der Waals surface area (Å²) in [7, 11) is 0. The monoisotopic (exact) mass is 205 g/mol. The van der Waals surface area contributed by atoms with Gasteiger partial charge in [0.15, 0.2) is 0 Å². The number of anilines is 1. The van der Waals surface area contributed by atoms with Crippen LogP contribution in [0, 0.1) is 11.8 Å². The molecular formula is C12H19N3. The van der Waals surface area contributed by atoms with Crippen molar-refractivity contribution in [2.24, 2.45) is 11.8 Å². The molecule has 2 rings (SSSR count). The molecule has 0 spiro atoms. The topological polar surface area (TPSA) is 29.0 Å². The van der Waals surface area contributed by atoms with Gasteiger partial charge in [-0.15, -0.1) is 0 Å². The standard InChI is InChI=1S/C12H19N3/c1-4-10-5-13-12(14-6-10)15-7-11(8-15)9(2)3/h5-6,9,11H,4,7-8H2,1-3H3. The van der Waals surface area contributed by atoms with Crippen LogP contribution in [0.25, 0.3) is 0 Å². The normalized spacial score (nSPS) is 16.9. The average Bonchev–Trinajstić information content (AvgIpc) is 2.16. The van der Waals surface area contributed by atoms with E-state index < -0.39 is 0 Å². The summed E-state index contributed by atoms with van der Waals surface area (Å²) in [6.07, 6.45) is 4.88. The highest BCUT2D eigenvalue weighted by Crippen LogP contribution is 2.26. The van der Waals surface area contributed by atoms with E-state index in [1.807, 2.05) is 12.4 Å². The van der Waals surface area contributed by atoms with Gasteiger partial charge in [0.2, 0.25) is 5.95 Å². The molecule has 3 nitrogen and oxygen atoms in total. The first-order valence-electron chi connectivity index (χ1n) is 5.76. The smallest absolute Gasteiger partial charge is 0.225 e. The fourth-order valence-electron chi connectivity index (χ4n) is 1.79. The summed E-state index contributed by atoms with van der Waals surface area (Å²) in [6, 6.07) is 0. The summed E-state index contributed by atoms with van der Waals surface area (Å²) in [5, 5.41) is 0. The number of aryl methyl sites for hydroxylation is 1. The Balaban J connectivity index is 1.95. The Morgan fingerprint density at radius 2 is 1.93 bits per heavy atom. The van der Waals surface area contributed by atoms with Crippen LogP contribution in [-0.2, 0) is 6.42 Å². The lowest BCUT2D eigenvalue weighted by Crippen LogP contribution is -2.49. The van der Waals surface area contributed by atoms with Crippen LogP contribution >= 0.6 is 0 Å². The molecule has 1 aliphatic rings. The Bertz CT molecular complexity index is 312. The second kappa shape index (κ2) is 4.17. The second-order valence-corrected chi connectivity index (χ2v) is 4.65. The Morgan fingerprint density at radius 1 is 1.33 bits per heavy atom. The van der Waals surface area contributed by atoms with Crippen LogP contribution in [0.5, 0.6) is 0 Å². The molecule has 3 heteroatoms. The van der Waals surface area contributed by atoms with Crippen molar-refractivity contribution in [2.45, 2.75) is 27.2 Å². The molecule has 0 unspecified atom stereocenters. The third-order valence-corrected chi connectivity index (χ3v) is 3.24.